The topological polar surface area (TPSA) is 0 Å². The predicted molar refractivity (Wildman–Crippen MR) is 93.1 cm³/mol. The van der Waals surface area contributed by atoms with Crippen molar-refractivity contribution in [1.29, 1.82) is 0 Å². The van der Waals surface area contributed by atoms with E-state index in [1.807, 2.05) is 30.3 Å². The predicted octanol–water partition coefficient (Wildman–Crippen LogP) is 6.45. The Hall–Kier alpha value is 0.623. The van der Waals surface area contributed by atoms with Crippen LogP contribution in [0.15, 0.2) is 60.7 Å². The molecule has 2 aromatic carbocycles. The van der Waals surface area contributed by atoms with E-state index in [0.29, 0.717) is 0 Å². The minimum absolute atomic E-state index is 0.220. The standard InChI is InChI=1S/C10H14P.C5H5.3ClH.Zr/c1-11(2)9-8-10-6-4-3-5-7-10;1-2-4-5-3-1;;;;/h3-8H,9H2,1-2H3;1-5H;3*1H;/q2*-1;;;;+3/p-3. The molecule has 0 aromatic heterocycles. The molecular weight excluding hydrogens is 409 g/mol. The Morgan fingerprint density at radius 2 is 1.50 bits per heavy atom. The summed E-state index contributed by atoms with van der Waals surface area (Å²) in [6, 6.07) is 20.5. The molecule has 2 aromatic rings. The molecule has 5 heteroatoms. The van der Waals surface area contributed by atoms with Gasteiger partial charge in [0.1, 0.15) is 0 Å². The van der Waals surface area contributed by atoms with Gasteiger partial charge >= 0.3 is 43.7 Å². The Labute approximate surface area is 142 Å². The molecule has 2 rings (SSSR count). The normalized spacial score (nSPS) is 8.90. The van der Waals surface area contributed by atoms with E-state index in [4.69, 9.17) is 25.5 Å². The van der Waals surface area contributed by atoms with Gasteiger partial charge in [0, 0.05) is 0 Å². The summed E-state index contributed by atoms with van der Waals surface area (Å²) in [7, 11) is 15.2. The third kappa shape index (κ3) is 16.7. The molecule has 0 fully saturated rings. The van der Waals surface area contributed by atoms with Crippen LogP contribution in [0.3, 0.4) is 0 Å². The molecular formula is C15H19Cl3PZr-2. The molecule has 0 radical (unpaired) electrons. The van der Waals surface area contributed by atoms with Gasteiger partial charge in [-0.2, -0.15) is 42.3 Å². The smallest absolute Gasteiger partial charge is 0.172 e. The van der Waals surface area contributed by atoms with Crippen molar-refractivity contribution in [3.05, 3.63) is 72.6 Å². The SMILES string of the molecule is CP(C)C[CH-]c1ccccc1.[Cl][Zr]([Cl])[Cl].c1cc[cH-]c1. The second-order valence-corrected chi connectivity index (χ2v) is 17.8. The summed E-state index contributed by atoms with van der Waals surface area (Å²) in [5.41, 5.74) is 1.35. The number of rotatable bonds is 3. The Bertz CT molecular complexity index is 371. The first-order valence-electron chi connectivity index (χ1n) is 6.05. The summed E-state index contributed by atoms with van der Waals surface area (Å²) in [5, 5.41) is 0. The molecule has 0 unspecified atom stereocenters. The monoisotopic (exact) mass is 425 g/mol. The fraction of sp³-hybridized carbons (Fsp3) is 0.200. The van der Waals surface area contributed by atoms with E-state index in [1.165, 1.54) is 11.7 Å². The van der Waals surface area contributed by atoms with E-state index in [0.717, 1.165) is 0 Å². The van der Waals surface area contributed by atoms with Crippen LogP contribution >= 0.6 is 33.5 Å². The first-order valence-corrected chi connectivity index (χ1v) is 18.0. The Morgan fingerprint density at radius 1 is 1.00 bits per heavy atom. The Balaban J connectivity index is 0.000000331. The van der Waals surface area contributed by atoms with Gasteiger partial charge in [-0.1, -0.05) is 12.2 Å². The van der Waals surface area contributed by atoms with Gasteiger partial charge in [-0.15, -0.1) is 20.1 Å². The van der Waals surface area contributed by atoms with Crippen molar-refractivity contribution in [1.82, 2.24) is 0 Å². The van der Waals surface area contributed by atoms with Crippen molar-refractivity contribution in [3.63, 3.8) is 0 Å². The maximum absolute atomic E-state index is 5.00. The minimum Gasteiger partial charge on any atom is -0.214 e. The van der Waals surface area contributed by atoms with Crippen LogP contribution in [0.2, 0.25) is 0 Å². The summed E-state index contributed by atoms with van der Waals surface area (Å²) in [6.45, 7) is 4.60. The molecule has 0 heterocycles. The molecule has 0 aliphatic carbocycles. The molecule has 0 spiro atoms. The van der Waals surface area contributed by atoms with Gasteiger partial charge in [0.15, 0.2) is 0 Å². The zero-order valence-electron chi connectivity index (χ0n) is 11.6. The fourth-order valence-corrected chi connectivity index (χ4v) is 1.77. The maximum Gasteiger partial charge on any atom is -0.172 e. The molecule has 0 saturated heterocycles. The summed E-state index contributed by atoms with van der Waals surface area (Å²) in [5.74, 6) is 0. The van der Waals surface area contributed by atoms with Crippen molar-refractivity contribution in [2.24, 2.45) is 0 Å². The van der Waals surface area contributed by atoms with Crippen molar-refractivity contribution in [2.45, 2.75) is 0 Å². The Kier molecular flexibility index (Phi) is 15.0. The van der Waals surface area contributed by atoms with Crippen molar-refractivity contribution in [3.8, 4) is 0 Å². The van der Waals surface area contributed by atoms with Gasteiger partial charge in [-0.05, 0) is 13.3 Å². The average Bonchev–Trinajstić information content (AvgIpc) is 2.96. The molecule has 0 N–H and O–H groups in total. The third-order valence-electron chi connectivity index (χ3n) is 2.05. The molecule has 0 saturated carbocycles. The van der Waals surface area contributed by atoms with Gasteiger partial charge in [-0.3, -0.25) is 0 Å². The van der Waals surface area contributed by atoms with Gasteiger partial charge in [0.05, 0.1) is 0 Å². The van der Waals surface area contributed by atoms with Crippen molar-refractivity contribution < 1.29 is 18.2 Å². The molecule has 20 heavy (non-hydrogen) atoms. The second-order valence-electron chi connectivity index (χ2n) is 4.05. The van der Waals surface area contributed by atoms with E-state index in [2.05, 4.69) is 50.1 Å². The number of hydrogen-bond acceptors (Lipinski definition) is 0. The van der Waals surface area contributed by atoms with Crippen molar-refractivity contribution >= 4 is 33.5 Å². The van der Waals surface area contributed by atoms with Crippen LogP contribution in [0.25, 0.3) is 0 Å². The summed E-state index contributed by atoms with van der Waals surface area (Å²) >= 11 is -2.13. The van der Waals surface area contributed by atoms with E-state index < -0.39 is 18.2 Å². The fourth-order valence-electron chi connectivity index (χ4n) is 1.20. The summed E-state index contributed by atoms with van der Waals surface area (Å²) in [4.78, 5) is 0. The Morgan fingerprint density at radius 3 is 1.85 bits per heavy atom. The number of hydrogen-bond donors (Lipinski definition) is 0. The minimum atomic E-state index is -2.13. The first-order chi connectivity index (χ1) is 9.52. The molecule has 111 valence electrons. The van der Waals surface area contributed by atoms with E-state index in [-0.39, 0.29) is 7.92 Å². The summed E-state index contributed by atoms with van der Waals surface area (Å²) in [6.07, 6.45) is 3.55. The van der Waals surface area contributed by atoms with E-state index >= 15 is 0 Å². The number of halogens is 3. The molecule has 0 aliphatic rings. The molecule has 0 amide bonds. The van der Waals surface area contributed by atoms with Crippen LogP contribution in [0.5, 0.6) is 0 Å². The second kappa shape index (κ2) is 14.6. The van der Waals surface area contributed by atoms with Crippen LogP contribution in [-0.2, 0) is 18.2 Å². The van der Waals surface area contributed by atoms with E-state index in [9.17, 15) is 0 Å². The third-order valence-corrected chi connectivity index (χ3v) is 2.96. The van der Waals surface area contributed by atoms with Crippen LogP contribution in [0, 0.1) is 6.42 Å². The largest absolute Gasteiger partial charge is 0.214 e. The maximum atomic E-state index is 5.00. The van der Waals surface area contributed by atoms with Gasteiger partial charge in [-0.25, -0.2) is 12.1 Å². The quantitative estimate of drug-likeness (QED) is 0.390. The zero-order valence-corrected chi connectivity index (χ0v) is 17.3. The van der Waals surface area contributed by atoms with Gasteiger partial charge in [0.2, 0.25) is 0 Å². The zero-order chi connectivity index (χ0) is 15.2. The van der Waals surface area contributed by atoms with Crippen molar-refractivity contribution in [2.75, 3.05) is 19.5 Å². The van der Waals surface area contributed by atoms with Gasteiger partial charge in [0.25, 0.3) is 0 Å². The molecule has 0 atom stereocenters. The first kappa shape index (κ1) is 20.6. The van der Waals surface area contributed by atoms with E-state index in [1.54, 1.807) is 0 Å². The number of benzene rings is 1. The van der Waals surface area contributed by atoms with Crippen LogP contribution < -0.4 is 0 Å². The molecule has 0 nitrogen and oxygen atoms in total. The summed E-state index contributed by atoms with van der Waals surface area (Å²) < 4.78 is 0. The van der Waals surface area contributed by atoms with Crippen LogP contribution in [0.4, 0.5) is 0 Å². The molecule has 0 aliphatic heterocycles. The average molecular weight is 428 g/mol. The van der Waals surface area contributed by atoms with Crippen LogP contribution in [-0.4, -0.2) is 19.5 Å². The van der Waals surface area contributed by atoms with Gasteiger partial charge < -0.3 is 0 Å². The molecule has 0 bridgehead atoms. The van der Waals surface area contributed by atoms with Crippen LogP contribution in [0.1, 0.15) is 5.56 Å².